The van der Waals surface area contributed by atoms with E-state index >= 15 is 0 Å². The summed E-state index contributed by atoms with van der Waals surface area (Å²) < 4.78 is 16.0. The first-order chi connectivity index (χ1) is 14.2. The van der Waals surface area contributed by atoms with Crippen LogP contribution < -0.4 is 10.2 Å². The van der Waals surface area contributed by atoms with Crippen LogP contribution in [0.2, 0.25) is 0 Å². The van der Waals surface area contributed by atoms with Gasteiger partial charge in [0.15, 0.2) is 0 Å². The molecule has 1 saturated heterocycles. The molecule has 1 amide bonds. The number of furan rings is 1. The highest BCUT2D eigenvalue weighted by Crippen LogP contribution is 2.26. The Balaban J connectivity index is 1.76. The van der Waals surface area contributed by atoms with Crippen LogP contribution in [0.1, 0.15) is 35.9 Å². The Labute approximate surface area is 170 Å². The molecule has 0 aliphatic carbocycles. The number of nitrogens with zero attached hydrogens (tertiary/aromatic N) is 1. The van der Waals surface area contributed by atoms with Crippen molar-refractivity contribution >= 4 is 29.3 Å². The van der Waals surface area contributed by atoms with E-state index in [1.165, 1.54) is 6.08 Å². The molecule has 1 aromatic carbocycles. The van der Waals surface area contributed by atoms with E-state index in [1.807, 2.05) is 13.0 Å². The molecule has 29 heavy (non-hydrogen) atoms. The summed E-state index contributed by atoms with van der Waals surface area (Å²) in [7, 11) is 0. The Morgan fingerprint density at radius 3 is 2.79 bits per heavy atom. The van der Waals surface area contributed by atoms with E-state index in [4.69, 9.17) is 13.9 Å². The van der Waals surface area contributed by atoms with Gasteiger partial charge in [0.05, 0.1) is 37.3 Å². The Morgan fingerprint density at radius 2 is 2.07 bits per heavy atom. The number of benzene rings is 1. The van der Waals surface area contributed by atoms with Gasteiger partial charge < -0.3 is 24.1 Å². The van der Waals surface area contributed by atoms with Crippen molar-refractivity contribution in [1.82, 2.24) is 0 Å². The molecule has 0 atom stereocenters. The van der Waals surface area contributed by atoms with Gasteiger partial charge in [-0.15, -0.1) is 0 Å². The molecule has 1 aliphatic rings. The Bertz CT molecular complexity index is 839. The number of hydrogen-bond donors (Lipinski definition) is 1. The van der Waals surface area contributed by atoms with E-state index in [1.54, 1.807) is 36.6 Å². The van der Waals surface area contributed by atoms with Crippen LogP contribution in [-0.4, -0.2) is 44.8 Å². The van der Waals surface area contributed by atoms with Crippen LogP contribution in [-0.2, 0) is 14.3 Å². The minimum atomic E-state index is -0.387. The van der Waals surface area contributed by atoms with Crippen molar-refractivity contribution in [3.63, 3.8) is 0 Å². The van der Waals surface area contributed by atoms with E-state index in [-0.39, 0.29) is 11.9 Å². The minimum Gasteiger partial charge on any atom is -0.465 e. The number of unbranched alkanes of at least 4 members (excludes halogenated alkanes) is 1. The van der Waals surface area contributed by atoms with Gasteiger partial charge in [-0.3, -0.25) is 4.79 Å². The molecule has 3 rings (SSSR count). The number of rotatable bonds is 8. The van der Waals surface area contributed by atoms with Crippen molar-refractivity contribution in [1.29, 1.82) is 0 Å². The second kappa shape index (κ2) is 10.5. The molecule has 154 valence electrons. The average molecular weight is 398 g/mol. The van der Waals surface area contributed by atoms with Gasteiger partial charge in [0, 0.05) is 24.9 Å². The number of carbonyl (C=O) groups excluding carboxylic acids is 2. The topological polar surface area (TPSA) is 81.0 Å². The van der Waals surface area contributed by atoms with Gasteiger partial charge in [0.25, 0.3) is 0 Å². The lowest BCUT2D eigenvalue weighted by atomic mass is 10.1. The number of anilines is 2. The number of nitrogens with one attached hydrogen (secondary N) is 1. The monoisotopic (exact) mass is 398 g/mol. The second-order valence-corrected chi connectivity index (χ2v) is 6.66. The fourth-order valence-electron chi connectivity index (χ4n) is 2.97. The zero-order chi connectivity index (χ0) is 20.5. The summed E-state index contributed by atoms with van der Waals surface area (Å²) >= 11 is 0. The average Bonchev–Trinajstić information content (AvgIpc) is 3.27. The molecule has 0 spiro atoms. The van der Waals surface area contributed by atoms with E-state index < -0.39 is 0 Å². The number of morpholine rings is 1. The third kappa shape index (κ3) is 5.96. The van der Waals surface area contributed by atoms with Crippen LogP contribution in [0.3, 0.4) is 0 Å². The Morgan fingerprint density at radius 1 is 1.24 bits per heavy atom. The van der Waals surface area contributed by atoms with Crippen molar-refractivity contribution in [2.45, 2.75) is 19.8 Å². The highest BCUT2D eigenvalue weighted by molar-refractivity contribution is 6.03. The molecule has 0 unspecified atom stereocenters. The van der Waals surface area contributed by atoms with Crippen LogP contribution >= 0.6 is 0 Å². The third-order valence-corrected chi connectivity index (χ3v) is 4.51. The van der Waals surface area contributed by atoms with Gasteiger partial charge in [-0.25, -0.2) is 4.79 Å². The maximum atomic E-state index is 12.7. The standard InChI is InChI=1S/C22H26N2O5/c1-2-3-12-29-22(26)19-16-17(6-8-20(19)24-10-14-27-15-11-24)23-21(25)9-7-18-5-4-13-28-18/h4-9,13,16H,2-3,10-12,14-15H2,1H3,(H,23,25)/b9-7+. The maximum absolute atomic E-state index is 12.7. The maximum Gasteiger partial charge on any atom is 0.340 e. The number of carbonyl (C=O) groups is 2. The summed E-state index contributed by atoms with van der Waals surface area (Å²) in [5.41, 5.74) is 1.76. The molecule has 0 bridgehead atoms. The van der Waals surface area contributed by atoms with E-state index in [2.05, 4.69) is 10.2 Å². The van der Waals surface area contributed by atoms with Gasteiger partial charge in [-0.1, -0.05) is 13.3 Å². The molecule has 1 aliphatic heterocycles. The quantitative estimate of drug-likeness (QED) is 0.415. The molecule has 2 heterocycles. The fourth-order valence-corrected chi connectivity index (χ4v) is 2.97. The van der Waals surface area contributed by atoms with Gasteiger partial charge in [-0.05, 0) is 42.8 Å². The first-order valence-corrected chi connectivity index (χ1v) is 9.84. The lowest BCUT2D eigenvalue weighted by Gasteiger charge is -2.30. The second-order valence-electron chi connectivity index (χ2n) is 6.66. The van der Waals surface area contributed by atoms with Crippen molar-refractivity contribution in [2.75, 3.05) is 43.1 Å². The van der Waals surface area contributed by atoms with Gasteiger partial charge in [-0.2, -0.15) is 0 Å². The summed E-state index contributed by atoms with van der Waals surface area (Å²) in [6.45, 7) is 5.04. The van der Waals surface area contributed by atoms with Crippen molar-refractivity contribution in [3.8, 4) is 0 Å². The Kier molecular flexibility index (Phi) is 7.47. The molecule has 7 nitrogen and oxygen atoms in total. The summed E-state index contributed by atoms with van der Waals surface area (Å²) in [5, 5.41) is 2.78. The van der Waals surface area contributed by atoms with Crippen molar-refractivity contribution in [2.24, 2.45) is 0 Å². The predicted molar refractivity (Wildman–Crippen MR) is 111 cm³/mol. The first kappa shape index (κ1) is 20.7. The zero-order valence-corrected chi connectivity index (χ0v) is 16.6. The van der Waals surface area contributed by atoms with Crippen LogP contribution in [0.4, 0.5) is 11.4 Å². The normalized spacial score (nSPS) is 14.2. The molecule has 1 fully saturated rings. The van der Waals surface area contributed by atoms with Crippen LogP contribution in [0.25, 0.3) is 6.08 Å². The van der Waals surface area contributed by atoms with Gasteiger partial charge in [0.1, 0.15) is 5.76 Å². The molecule has 7 heteroatoms. The molecule has 0 radical (unpaired) electrons. The van der Waals surface area contributed by atoms with E-state index in [0.717, 1.165) is 18.5 Å². The number of hydrogen-bond acceptors (Lipinski definition) is 6. The fraction of sp³-hybridized carbons (Fsp3) is 0.364. The number of ether oxygens (including phenoxy) is 2. The number of esters is 1. The largest absolute Gasteiger partial charge is 0.465 e. The molecular formula is C22H26N2O5. The zero-order valence-electron chi connectivity index (χ0n) is 16.6. The first-order valence-electron chi connectivity index (χ1n) is 9.84. The van der Waals surface area contributed by atoms with Crippen LogP contribution in [0.15, 0.2) is 47.1 Å². The minimum absolute atomic E-state index is 0.314. The van der Waals surface area contributed by atoms with Crippen molar-refractivity contribution < 1.29 is 23.5 Å². The van der Waals surface area contributed by atoms with Crippen molar-refractivity contribution in [3.05, 3.63) is 54.0 Å². The molecule has 0 saturated carbocycles. The van der Waals surface area contributed by atoms with Crippen LogP contribution in [0.5, 0.6) is 0 Å². The summed E-state index contributed by atoms with van der Waals surface area (Å²) in [4.78, 5) is 27.0. The summed E-state index contributed by atoms with van der Waals surface area (Å²) in [6.07, 6.45) is 6.26. The molecule has 1 N–H and O–H groups in total. The van der Waals surface area contributed by atoms with Gasteiger partial charge >= 0.3 is 5.97 Å². The smallest absolute Gasteiger partial charge is 0.340 e. The molecule has 1 aromatic heterocycles. The van der Waals surface area contributed by atoms with E-state index in [0.29, 0.717) is 49.9 Å². The van der Waals surface area contributed by atoms with Gasteiger partial charge in [0.2, 0.25) is 5.91 Å². The third-order valence-electron chi connectivity index (χ3n) is 4.51. The molecule has 2 aromatic rings. The lowest BCUT2D eigenvalue weighted by molar-refractivity contribution is -0.111. The molecular weight excluding hydrogens is 372 g/mol. The highest BCUT2D eigenvalue weighted by Gasteiger charge is 2.20. The highest BCUT2D eigenvalue weighted by atomic mass is 16.5. The van der Waals surface area contributed by atoms with Crippen LogP contribution in [0, 0.1) is 0 Å². The van der Waals surface area contributed by atoms with E-state index in [9.17, 15) is 9.59 Å². The lowest BCUT2D eigenvalue weighted by Crippen LogP contribution is -2.37. The predicted octanol–water partition coefficient (Wildman–Crippen LogP) is 3.73. The SMILES string of the molecule is CCCCOC(=O)c1cc(NC(=O)/C=C/c2ccco2)ccc1N1CCOCC1. The Hall–Kier alpha value is -3.06. The number of amides is 1. The summed E-state index contributed by atoms with van der Waals surface area (Å²) in [6, 6.07) is 8.79. The summed E-state index contributed by atoms with van der Waals surface area (Å²) in [5.74, 6) is -0.115.